The van der Waals surface area contributed by atoms with Gasteiger partial charge in [-0.3, -0.25) is 9.59 Å². The number of nitrogens with zero attached hydrogens (tertiary/aromatic N) is 3. The minimum Gasteiger partial charge on any atom is -0.466 e. The minimum absolute atomic E-state index is 0.0193. The number of fused-ring (bicyclic) bond motifs is 1. The molecule has 1 saturated heterocycles. The number of likely N-dealkylation sites (tertiary alicyclic amines) is 1. The van der Waals surface area contributed by atoms with Crippen LogP contribution in [0.1, 0.15) is 54.3 Å². The van der Waals surface area contributed by atoms with Crippen LogP contribution in [-0.2, 0) is 6.54 Å². The summed E-state index contributed by atoms with van der Waals surface area (Å²) >= 11 is 1.51. The van der Waals surface area contributed by atoms with Gasteiger partial charge < -0.3 is 19.0 Å². The number of hydrogen-bond acceptors (Lipinski definition) is 5. The van der Waals surface area contributed by atoms with Crippen LogP contribution in [0.5, 0.6) is 0 Å². The summed E-state index contributed by atoms with van der Waals surface area (Å²) in [5.74, 6) is 1.60. The third kappa shape index (κ3) is 3.93. The monoisotopic (exact) mass is 448 g/mol. The van der Waals surface area contributed by atoms with Crippen LogP contribution in [0, 0.1) is 13.8 Å². The number of carbonyl (C=O) groups excluding carboxylic acids is 2. The molecule has 0 aromatic carbocycles. The van der Waals surface area contributed by atoms with Crippen molar-refractivity contribution in [2.45, 2.75) is 32.7 Å². The van der Waals surface area contributed by atoms with Crippen LogP contribution in [0.3, 0.4) is 0 Å². The highest BCUT2D eigenvalue weighted by Gasteiger charge is 2.30. The van der Waals surface area contributed by atoms with Crippen molar-refractivity contribution in [3.05, 3.63) is 81.3 Å². The Balaban J connectivity index is 1.20. The van der Waals surface area contributed by atoms with Crippen molar-refractivity contribution in [2.75, 3.05) is 13.1 Å². The van der Waals surface area contributed by atoms with Crippen LogP contribution >= 0.6 is 11.3 Å². The highest BCUT2D eigenvalue weighted by molar-refractivity contribution is 7.14. The van der Waals surface area contributed by atoms with Crippen molar-refractivity contribution in [1.82, 2.24) is 19.6 Å². The number of hydrogen-bond donors (Lipinski definition) is 1. The number of thiophene rings is 1. The fraction of sp³-hybridized carbons (Fsp3) is 0.292. The zero-order chi connectivity index (χ0) is 22.2. The van der Waals surface area contributed by atoms with E-state index in [1.165, 1.54) is 11.3 Å². The molecule has 1 unspecified atom stereocenters. The molecule has 1 N–H and O–H groups in total. The Morgan fingerprint density at radius 3 is 2.91 bits per heavy atom. The lowest BCUT2D eigenvalue weighted by atomic mass is 10.1. The average Bonchev–Trinajstić information content (AvgIpc) is 3.57. The molecule has 4 aromatic rings. The minimum atomic E-state index is -0.0834. The van der Waals surface area contributed by atoms with Gasteiger partial charge in [0.1, 0.15) is 17.2 Å². The average molecular weight is 449 g/mol. The van der Waals surface area contributed by atoms with Crippen LogP contribution in [-0.4, -0.2) is 39.2 Å². The van der Waals surface area contributed by atoms with Crippen LogP contribution in [0.25, 0.3) is 5.65 Å². The van der Waals surface area contributed by atoms with Crippen LogP contribution in [0.2, 0.25) is 0 Å². The number of amides is 2. The van der Waals surface area contributed by atoms with Crippen LogP contribution in [0.4, 0.5) is 0 Å². The van der Waals surface area contributed by atoms with Gasteiger partial charge >= 0.3 is 0 Å². The fourth-order valence-electron chi connectivity index (χ4n) is 4.22. The number of rotatable bonds is 5. The maximum Gasteiger partial charge on any atom is 0.261 e. The Hall–Kier alpha value is -3.39. The van der Waals surface area contributed by atoms with E-state index in [0.29, 0.717) is 35.8 Å². The summed E-state index contributed by atoms with van der Waals surface area (Å²) in [5, 5.41) is 2.99. The van der Waals surface area contributed by atoms with Crippen LogP contribution < -0.4 is 5.32 Å². The largest absolute Gasteiger partial charge is 0.466 e. The van der Waals surface area contributed by atoms with E-state index in [-0.39, 0.29) is 17.7 Å². The van der Waals surface area contributed by atoms with Gasteiger partial charge in [-0.25, -0.2) is 4.98 Å². The molecule has 164 valence electrons. The normalized spacial score (nSPS) is 16.1. The Morgan fingerprint density at radius 1 is 1.22 bits per heavy atom. The molecule has 5 rings (SSSR count). The van der Waals surface area contributed by atoms with E-state index in [1.807, 2.05) is 65.9 Å². The SMILES string of the molecule is Cc1cc(C(=O)N2CCC(c3ccc(C(=O)NCc4ccn5ccnc5c4)s3)C2)c(C)o1. The second-order valence-electron chi connectivity index (χ2n) is 8.18. The third-order valence-electron chi connectivity index (χ3n) is 5.92. The molecule has 2 amide bonds. The molecule has 32 heavy (non-hydrogen) atoms. The molecular formula is C24H24N4O3S. The Kier molecular flexibility index (Phi) is 5.30. The first-order chi connectivity index (χ1) is 15.5. The molecule has 1 fully saturated rings. The molecule has 0 spiro atoms. The molecule has 1 aliphatic heterocycles. The number of pyridine rings is 1. The number of imidazole rings is 1. The van der Waals surface area contributed by atoms with Crippen molar-refractivity contribution in [1.29, 1.82) is 0 Å². The smallest absolute Gasteiger partial charge is 0.261 e. The summed E-state index contributed by atoms with van der Waals surface area (Å²) in [6.07, 6.45) is 6.47. The molecule has 0 aliphatic carbocycles. The number of nitrogens with one attached hydrogen (secondary N) is 1. The number of carbonyl (C=O) groups is 2. The van der Waals surface area contributed by atoms with E-state index < -0.39 is 0 Å². The molecule has 0 radical (unpaired) electrons. The highest BCUT2D eigenvalue weighted by atomic mass is 32.1. The van der Waals surface area contributed by atoms with Gasteiger partial charge in [-0.15, -0.1) is 11.3 Å². The van der Waals surface area contributed by atoms with Crippen molar-refractivity contribution in [2.24, 2.45) is 0 Å². The van der Waals surface area contributed by atoms with Gasteiger partial charge in [0, 0.05) is 49.0 Å². The quantitative estimate of drug-likeness (QED) is 0.497. The third-order valence-corrected chi connectivity index (χ3v) is 7.16. The molecule has 4 aromatic heterocycles. The van der Waals surface area contributed by atoms with Gasteiger partial charge in [0.15, 0.2) is 0 Å². The van der Waals surface area contributed by atoms with E-state index in [2.05, 4.69) is 10.3 Å². The maximum absolute atomic E-state index is 12.9. The first-order valence-electron chi connectivity index (χ1n) is 10.6. The van der Waals surface area contributed by atoms with Gasteiger partial charge in [0.05, 0.1) is 10.4 Å². The van der Waals surface area contributed by atoms with E-state index in [4.69, 9.17) is 4.42 Å². The van der Waals surface area contributed by atoms with Crippen molar-refractivity contribution in [3.63, 3.8) is 0 Å². The van der Waals surface area contributed by atoms with Gasteiger partial charge in [-0.1, -0.05) is 0 Å². The number of aryl methyl sites for hydroxylation is 2. The molecule has 1 aliphatic rings. The lowest BCUT2D eigenvalue weighted by Gasteiger charge is -2.15. The molecule has 7 nitrogen and oxygen atoms in total. The van der Waals surface area contributed by atoms with Gasteiger partial charge in [-0.05, 0) is 56.2 Å². The van der Waals surface area contributed by atoms with Gasteiger partial charge in [-0.2, -0.15) is 0 Å². The molecule has 1 atom stereocenters. The predicted molar refractivity (Wildman–Crippen MR) is 122 cm³/mol. The molecule has 5 heterocycles. The zero-order valence-corrected chi connectivity index (χ0v) is 18.8. The number of furan rings is 1. The zero-order valence-electron chi connectivity index (χ0n) is 18.0. The van der Waals surface area contributed by atoms with Gasteiger partial charge in [0.2, 0.25) is 0 Å². The standard InChI is InChI=1S/C24H24N4O3S/c1-15-11-19(16(2)31-15)24(30)28-9-6-18(14-28)20-3-4-21(32-20)23(29)26-13-17-5-8-27-10-7-25-22(27)12-17/h3-5,7-8,10-12,18H,6,9,13-14H2,1-2H3,(H,26,29). The Bertz CT molecular complexity index is 1300. The summed E-state index contributed by atoms with van der Waals surface area (Å²) < 4.78 is 7.45. The van der Waals surface area contributed by atoms with E-state index in [0.717, 1.165) is 28.3 Å². The molecular weight excluding hydrogens is 424 g/mol. The van der Waals surface area contributed by atoms with Crippen molar-refractivity contribution >= 4 is 28.8 Å². The Labute approximate surface area is 189 Å². The summed E-state index contributed by atoms with van der Waals surface area (Å²) in [6.45, 7) is 5.50. The van der Waals surface area contributed by atoms with Crippen molar-refractivity contribution < 1.29 is 14.0 Å². The van der Waals surface area contributed by atoms with Crippen molar-refractivity contribution in [3.8, 4) is 0 Å². The van der Waals surface area contributed by atoms with E-state index in [9.17, 15) is 9.59 Å². The Morgan fingerprint density at radius 2 is 2.09 bits per heavy atom. The maximum atomic E-state index is 12.9. The second-order valence-corrected chi connectivity index (χ2v) is 9.29. The molecule has 0 saturated carbocycles. The first-order valence-corrected chi connectivity index (χ1v) is 11.5. The van der Waals surface area contributed by atoms with Gasteiger partial charge in [0.25, 0.3) is 11.8 Å². The molecule has 8 heteroatoms. The lowest BCUT2D eigenvalue weighted by Crippen LogP contribution is -2.28. The lowest BCUT2D eigenvalue weighted by molar-refractivity contribution is 0.0788. The first kappa shape index (κ1) is 20.5. The highest BCUT2D eigenvalue weighted by Crippen LogP contribution is 2.33. The topological polar surface area (TPSA) is 79.9 Å². The van der Waals surface area contributed by atoms with Crippen LogP contribution in [0.15, 0.2) is 53.3 Å². The fourth-order valence-corrected chi connectivity index (χ4v) is 5.27. The predicted octanol–water partition coefficient (Wildman–Crippen LogP) is 4.17. The summed E-state index contributed by atoms with van der Waals surface area (Å²) in [7, 11) is 0. The molecule has 0 bridgehead atoms. The van der Waals surface area contributed by atoms with E-state index in [1.54, 1.807) is 6.20 Å². The number of aromatic nitrogens is 2. The van der Waals surface area contributed by atoms with E-state index >= 15 is 0 Å². The summed E-state index contributed by atoms with van der Waals surface area (Å²) in [5.41, 5.74) is 2.50. The summed E-state index contributed by atoms with van der Waals surface area (Å²) in [4.78, 5) is 33.5. The second kappa shape index (κ2) is 8.27. The summed E-state index contributed by atoms with van der Waals surface area (Å²) in [6, 6.07) is 9.64.